The first-order valence-corrected chi connectivity index (χ1v) is 6.98. The maximum atomic E-state index is 10.0. The Bertz CT molecular complexity index is 590. The number of halogens is 1. The Morgan fingerprint density at radius 1 is 1.24 bits per heavy atom. The number of phenolic OH excluding ortho intramolecular Hbond substituents is 1. The van der Waals surface area contributed by atoms with Crippen molar-refractivity contribution in [2.45, 2.75) is 12.6 Å². The molecule has 4 nitrogen and oxygen atoms in total. The molecule has 21 heavy (non-hydrogen) atoms. The molecule has 2 aromatic rings. The van der Waals surface area contributed by atoms with Crippen LogP contribution in [0.5, 0.6) is 11.5 Å². The number of rotatable bonds is 6. The standard InChI is InChI=1S/C16H18ClNO3/c1-21-15-8-13(17)7-12(16(15)20)9-18-10-14(19)11-5-3-2-4-6-11/h2-8,14,18-20H,9-10H2,1H3. The lowest BCUT2D eigenvalue weighted by Gasteiger charge is -2.14. The highest BCUT2D eigenvalue weighted by molar-refractivity contribution is 6.30. The molecule has 0 radical (unpaired) electrons. The zero-order chi connectivity index (χ0) is 15.2. The SMILES string of the molecule is COc1cc(Cl)cc(CNCC(O)c2ccccc2)c1O. The smallest absolute Gasteiger partial charge is 0.162 e. The molecule has 0 aliphatic carbocycles. The van der Waals surface area contributed by atoms with Gasteiger partial charge in [0.05, 0.1) is 13.2 Å². The number of nitrogens with one attached hydrogen (secondary N) is 1. The number of benzene rings is 2. The van der Waals surface area contributed by atoms with Crippen molar-refractivity contribution in [2.75, 3.05) is 13.7 Å². The first-order valence-electron chi connectivity index (χ1n) is 6.61. The van der Waals surface area contributed by atoms with Gasteiger partial charge in [0.15, 0.2) is 11.5 Å². The minimum absolute atomic E-state index is 0.0589. The quantitative estimate of drug-likeness (QED) is 0.768. The second-order valence-corrected chi connectivity index (χ2v) is 5.11. The number of hydrogen-bond donors (Lipinski definition) is 3. The minimum atomic E-state index is -0.602. The molecule has 0 aliphatic rings. The summed E-state index contributed by atoms with van der Waals surface area (Å²) in [7, 11) is 1.47. The molecule has 112 valence electrons. The molecule has 1 unspecified atom stereocenters. The third-order valence-electron chi connectivity index (χ3n) is 3.18. The summed E-state index contributed by atoms with van der Waals surface area (Å²) in [6.07, 6.45) is -0.602. The summed E-state index contributed by atoms with van der Waals surface area (Å²) in [5.41, 5.74) is 1.47. The second kappa shape index (κ2) is 7.31. The van der Waals surface area contributed by atoms with E-state index in [9.17, 15) is 10.2 Å². The Morgan fingerprint density at radius 3 is 2.62 bits per heavy atom. The Balaban J connectivity index is 1.96. The van der Waals surface area contributed by atoms with Crippen LogP contribution in [0.3, 0.4) is 0 Å². The number of aliphatic hydroxyl groups excluding tert-OH is 1. The Labute approximate surface area is 129 Å². The van der Waals surface area contributed by atoms with E-state index in [2.05, 4.69) is 5.32 Å². The van der Waals surface area contributed by atoms with E-state index in [1.54, 1.807) is 12.1 Å². The van der Waals surface area contributed by atoms with Crippen molar-refractivity contribution in [3.63, 3.8) is 0 Å². The zero-order valence-electron chi connectivity index (χ0n) is 11.7. The maximum absolute atomic E-state index is 10.0. The fraction of sp³-hybridized carbons (Fsp3) is 0.250. The molecule has 0 saturated carbocycles. The summed E-state index contributed by atoms with van der Waals surface area (Å²) in [4.78, 5) is 0. The molecule has 2 rings (SSSR count). The van der Waals surface area contributed by atoms with Crippen molar-refractivity contribution in [1.29, 1.82) is 0 Å². The highest BCUT2D eigenvalue weighted by atomic mass is 35.5. The molecule has 0 fully saturated rings. The third kappa shape index (κ3) is 4.11. The van der Waals surface area contributed by atoms with Gasteiger partial charge in [-0.05, 0) is 11.6 Å². The largest absolute Gasteiger partial charge is 0.504 e. The average Bonchev–Trinajstić information content (AvgIpc) is 2.51. The number of hydrogen-bond acceptors (Lipinski definition) is 4. The van der Waals surface area contributed by atoms with Gasteiger partial charge in [0.2, 0.25) is 0 Å². The van der Waals surface area contributed by atoms with E-state index in [0.29, 0.717) is 29.4 Å². The van der Waals surface area contributed by atoms with Crippen LogP contribution in [0.4, 0.5) is 0 Å². The van der Waals surface area contributed by atoms with Crippen LogP contribution in [0.25, 0.3) is 0 Å². The lowest BCUT2D eigenvalue weighted by Crippen LogP contribution is -2.21. The van der Waals surface area contributed by atoms with Crippen LogP contribution in [0.15, 0.2) is 42.5 Å². The number of methoxy groups -OCH3 is 1. The van der Waals surface area contributed by atoms with E-state index in [4.69, 9.17) is 16.3 Å². The van der Waals surface area contributed by atoms with Gasteiger partial charge in [-0.3, -0.25) is 0 Å². The maximum Gasteiger partial charge on any atom is 0.162 e. The molecule has 2 aromatic carbocycles. The highest BCUT2D eigenvalue weighted by Crippen LogP contribution is 2.33. The van der Waals surface area contributed by atoms with Gasteiger partial charge in [0.1, 0.15) is 0 Å². The van der Waals surface area contributed by atoms with Gasteiger partial charge in [-0.1, -0.05) is 41.9 Å². The molecule has 0 amide bonds. The van der Waals surface area contributed by atoms with Gasteiger partial charge in [-0.25, -0.2) is 0 Å². The van der Waals surface area contributed by atoms with Crippen LogP contribution < -0.4 is 10.1 Å². The van der Waals surface area contributed by atoms with E-state index >= 15 is 0 Å². The van der Waals surface area contributed by atoms with E-state index < -0.39 is 6.10 Å². The normalized spacial score (nSPS) is 12.1. The van der Waals surface area contributed by atoms with Gasteiger partial charge in [0.25, 0.3) is 0 Å². The topological polar surface area (TPSA) is 61.7 Å². The second-order valence-electron chi connectivity index (χ2n) is 4.67. The molecule has 1 atom stereocenters. The van der Waals surface area contributed by atoms with Gasteiger partial charge >= 0.3 is 0 Å². The van der Waals surface area contributed by atoms with Crippen LogP contribution >= 0.6 is 11.6 Å². The summed E-state index contributed by atoms with van der Waals surface area (Å²) < 4.78 is 5.05. The van der Waals surface area contributed by atoms with Crippen molar-refractivity contribution in [2.24, 2.45) is 0 Å². The lowest BCUT2D eigenvalue weighted by molar-refractivity contribution is 0.174. The molecule has 0 bridgehead atoms. The minimum Gasteiger partial charge on any atom is -0.504 e. The van der Waals surface area contributed by atoms with E-state index in [1.807, 2.05) is 30.3 Å². The summed E-state index contributed by atoms with van der Waals surface area (Å²) in [5, 5.41) is 23.6. The zero-order valence-corrected chi connectivity index (χ0v) is 12.5. The van der Waals surface area contributed by atoms with Crippen molar-refractivity contribution < 1.29 is 14.9 Å². The lowest BCUT2D eigenvalue weighted by atomic mass is 10.1. The number of aromatic hydroxyl groups is 1. The molecule has 5 heteroatoms. The fourth-order valence-electron chi connectivity index (χ4n) is 2.06. The first kappa shape index (κ1) is 15.6. The monoisotopic (exact) mass is 307 g/mol. The fourth-order valence-corrected chi connectivity index (χ4v) is 2.29. The molecule has 3 N–H and O–H groups in total. The van der Waals surface area contributed by atoms with Crippen LogP contribution in [-0.2, 0) is 6.54 Å². The van der Waals surface area contributed by atoms with E-state index in [1.165, 1.54) is 7.11 Å². The van der Waals surface area contributed by atoms with Gasteiger partial charge in [-0.2, -0.15) is 0 Å². The molecule has 0 aliphatic heterocycles. The van der Waals surface area contributed by atoms with Gasteiger partial charge in [0, 0.05) is 29.7 Å². The van der Waals surface area contributed by atoms with Crippen LogP contribution in [-0.4, -0.2) is 23.9 Å². The Morgan fingerprint density at radius 2 is 1.95 bits per heavy atom. The number of aliphatic hydroxyl groups is 1. The molecule has 0 aromatic heterocycles. The summed E-state index contributed by atoms with van der Waals surface area (Å²) in [6.45, 7) is 0.755. The van der Waals surface area contributed by atoms with E-state index in [0.717, 1.165) is 5.56 Å². The van der Waals surface area contributed by atoms with Crippen LogP contribution in [0.1, 0.15) is 17.2 Å². The summed E-state index contributed by atoms with van der Waals surface area (Å²) in [5.74, 6) is 0.395. The average molecular weight is 308 g/mol. The molecule has 0 spiro atoms. The molecular formula is C16H18ClNO3. The van der Waals surface area contributed by atoms with E-state index in [-0.39, 0.29) is 5.75 Å². The predicted molar refractivity (Wildman–Crippen MR) is 82.8 cm³/mol. The highest BCUT2D eigenvalue weighted by Gasteiger charge is 2.11. The Hall–Kier alpha value is -1.75. The van der Waals surface area contributed by atoms with Crippen LogP contribution in [0.2, 0.25) is 5.02 Å². The number of phenols is 1. The van der Waals surface area contributed by atoms with Crippen LogP contribution in [0, 0.1) is 0 Å². The first-order chi connectivity index (χ1) is 10.1. The number of ether oxygens (including phenoxy) is 1. The van der Waals surface area contributed by atoms with Gasteiger partial charge < -0.3 is 20.3 Å². The summed E-state index contributed by atoms with van der Waals surface area (Å²) >= 11 is 5.97. The third-order valence-corrected chi connectivity index (χ3v) is 3.39. The molecule has 0 heterocycles. The van der Waals surface area contributed by atoms with Crippen molar-refractivity contribution in [3.8, 4) is 11.5 Å². The van der Waals surface area contributed by atoms with Crippen molar-refractivity contribution in [1.82, 2.24) is 5.32 Å². The van der Waals surface area contributed by atoms with Gasteiger partial charge in [-0.15, -0.1) is 0 Å². The molecule has 0 saturated heterocycles. The Kier molecular flexibility index (Phi) is 5.44. The molecular weight excluding hydrogens is 290 g/mol. The predicted octanol–water partition coefficient (Wildman–Crippen LogP) is 2.88. The van der Waals surface area contributed by atoms with Crippen molar-refractivity contribution >= 4 is 11.6 Å². The van der Waals surface area contributed by atoms with Crippen molar-refractivity contribution in [3.05, 3.63) is 58.6 Å². The summed E-state index contributed by atoms with van der Waals surface area (Å²) in [6, 6.07) is 12.6.